The lowest BCUT2D eigenvalue weighted by molar-refractivity contribution is -0.128. The highest BCUT2D eigenvalue weighted by Crippen LogP contribution is 2.19. The van der Waals surface area contributed by atoms with Crippen LogP contribution in [0.15, 0.2) is 0 Å². The van der Waals surface area contributed by atoms with Gasteiger partial charge in [-0.1, -0.05) is 6.92 Å². The second-order valence-electron chi connectivity index (χ2n) is 3.35. The van der Waals surface area contributed by atoms with Crippen molar-refractivity contribution in [2.24, 2.45) is 5.41 Å². The molecule has 0 aromatic carbocycles. The minimum atomic E-state index is -0.983. The molecule has 4 heteroatoms. The van der Waals surface area contributed by atoms with Crippen molar-refractivity contribution in [1.29, 1.82) is 5.26 Å². The molecule has 2 atom stereocenters. The molecule has 0 aliphatic heterocycles. The number of carbonyl (C=O) groups excluding carboxylic acids is 1. The number of nitrogens with zero attached hydrogens (tertiary/aromatic N) is 1. The molecule has 74 valence electrons. The summed E-state index contributed by atoms with van der Waals surface area (Å²) in [5.41, 5.74) is -0.983. The second-order valence-corrected chi connectivity index (χ2v) is 3.35. The Morgan fingerprint density at radius 1 is 1.77 bits per heavy atom. The van der Waals surface area contributed by atoms with Crippen LogP contribution in [0.3, 0.4) is 0 Å². The van der Waals surface area contributed by atoms with E-state index in [0.29, 0.717) is 6.42 Å². The summed E-state index contributed by atoms with van der Waals surface area (Å²) in [5.74, 6) is -0.320. The molecular formula is C9H16N2O2. The first kappa shape index (κ1) is 11.9. The Morgan fingerprint density at radius 2 is 2.31 bits per heavy atom. The lowest BCUT2D eigenvalue weighted by atomic mass is 9.88. The van der Waals surface area contributed by atoms with Crippen molar-refractivity contribution in [3.8, 4) is 6.07 Å². The molecular weight excluding hydrogens is 168 g/mol. The molecule has 2 N–H and O–H groups in total. The number of rotatable bonds is 4. The highest BCUT2D eigenvalue weighted by Gasteiger charge is 2.31. The predicted molar refractivity (Wildman–Crippen MR) is 48.7 cm³/mol. The van der Waals surface area contributed by atoms with Crippen molar-refractivity contribution in [3.05, 3.63) is 0 Å². The topological polar surface area (TPSA) is 73.1 Å². The van der Waals surface area contributed by atoms with Gasteiger partial charge in [-0.3, -0.25) is 4.79 Å². The molecule has 0 aromatic rings. The zero-order chi connectivity index (χ0) is 10.5. The monoisotopic (exact) mass is 184 g/mol. The maximum atomic E-state index is 11.5. The standard InChI is InChI=1S/C9H16N2O2/c1-4-9(3,6-10)8(13)11-7(2)5-12/h7,12H,4-5H2,1-3H3,(H,11,13)/t7-,9?/m0/s1. The molecule has 0 rings (SSSR count). The molecule has 1 amide bonds. The third kappa shape index (κ3) is 3.03. The fraction of sp³-hybridized carbons (Fsp3) is 0.778. The molecule has 0 aliphatic carbocycles. The van der Waals surface area contributed by atoms with Crippen LogP contribution in [-0.2, 0) is 4.79 Å². The molecule has 0 saturated heterocycles. The van der Waals surface area contributed by atoms with Gasteiger partial charge >= 0.3 is 0 Å². The number of nitrogens with one attached hydrogen (secondary N) is 1. The molecule has 0 saturated carbocycles. The molecule has 0 bridgehead atoms. The van der Waals surface area contributed by atoms with Crippen molar-refractivity contribution >= 4 is 5.91 Å². The van der Waals surface area contributed by atoms with Crippen LogP contribution < -0.4 is 5.32 Å². The summed E-state index contributed by atoms with van der Waals surface area (Å²) in [6.07, 6.45) is 0.466. The molecule has 0 aliphatic rings. The molecule has 0 fully saturated rings. The van der Waals surface area contributed by atoms with Crippen LogP contribution in [0, 0.1) is 16.7 Å². The molecule has 0 heterocycles. The Morgan fingerprint density at radius 3 is 2.62 bits per heavy atom. The van der Waals surface area contributed by atoms with Crippen LogP contribution >= 0.6 is 0 Å². The van der Waals surface area contributed by atoms with E-state index in [1.165, 1.54) is 0 Å². The third-order valence-electron chi connectivity index (χ3n) is 2.11. The minimum Gasteiger partial charge on any atom is -0.394 e. The average molecular weight is 184 g/mol. The van der Waals surface area contributed by atoms with Gasteiger partial charge in [0, 0.05) is 6.04 Å². The lowest BCUT2D eigenvalue weighted by Gasteiger charge is -2.21. The maximum Gasteiger partial charge on any atom is 0.240 e. The van der Waals surface area contributed by atoms with Gasteiger partial charge in [-0.05, 0) is 20.3 Å². The van der Waals surface area contributed by atoms with E-state index >= 15 is 0 Å². The normalized spacial score (nSPS) is 16.8. The van der Waals surface area contributed by atoms with Gasteiger partial charge in [0.25, 0.3) is 0 Å². The summed E-state index contributed by atoms with van der Waals surface area (Å²) in [6, 6.07) is 1.66. The fourth-order valence-corrected chi connectivity index (χ4v) is 0.719. The number of aliphatic hydroxyl groups excluding tert-OH is 1. The van der Waals surface area contributed by atoms with Gasteiger partial charge < -0.3 is 10.4 Å². The number of amides is 1. The number of aliphatic hydroxyl groups is 1. The van der Waals surface area contributed by atoms with E-state index in [-0.39, 0.29) is 18.6 Å². The molecule has 4 nitrogen and oxygen atoms in total. The van der Waals surface area contributed by atoms with Crippen molar-refractivity contribution in [2.75, 3.05) is 6.61 Å². The van der Waals surface area contributed by atoms with Crippen LogP contribution in [0.5, 0.6) is 0 Å². The first-order valence-corrected chi connectivity index (χ1v) is 4.33. The third-order valence-corrected chi connectivity index (χ3v) is 2.11. The Labute approximate surface area is 78.6 Å². The first-order chi connectivity index (χ1) is 6.00. The first-order valence-electron chi connectivity index (χ1n) is 4.33. The molecule has 0 radical (unpaired) electrons. The summed E-state index contributed by atoms with van der Waals surface area (Å²) in [6.45, 7) is 4.95. The number of hydrogen-bond acceptors (Lipinski definition) is 3. The quantitative estimate of drug-likeness (QED) is 0.665. The fourth-order valence-electron chi connectivity index (χ4n) is 0.719. The molecule has 0 spiro atoms. The van der Waals surface area contributed by atoms with Crippen LogP contribution in [0.4, 0.5) is 0 Å². The highest BCUT2D eigenvalue weighted by molar-refractivity contribution is 5.85. The van der Waals surface area contributed by atoms with Crippen molar-refractivity contribution in [1.82, 2.24) is 5.32 Å². The maximum absolute atomic E-state index is 11.5. The Kier molecular flexibility index (Phi) is 4.43. The van der Waals surface area contributed by atoms with E-state index in [1.54, 1.807) is 20.8 Å². The Balaban J connectivity index is 4.34. The van der Waals surface area contributed by atoms with E-state index in [2.05, 4.69) is 5.32 Å². The molecule has 1 unspecified atom stereocenters. The van der Waals surface area contributed by atoms with E-state index in [4.69, 9.17) is 10.4 Å². The van der Waals surface area contributed by atoms with E-state index in [9.17, 15) is 4.79 Å². The van der Waals surface area contributed by atoms with Crippen LogP contribution in [0.2, 0.25) is 0 Å². The van der Waals surface area contributed by atoms with Gasteiger partial charge in [0.2, 0.25) is 5.91 Å². The van der Waals surface area contributed by atoms with Crippen LogP contribution in [-0.4, -0.2) is 23.7 Å². The van der Waals surface area contributed by atoms with Gasteiger partial charge in [-0.15, -0.1) is 0 Å². The average Bonchev–Trinajstić information content (AvgIpc) is 2.16. The zero-order valence-electron chi connectivity index (χ0n) is 8.29. The lowest BCUT2D eigenvalue weighted by Crippen LogP contribution is -2.43. The molecule has 0 aromatic heterocycles. The van der Waals surface area contributed by atoms with Gasteiger partial charge in [-0.25, -0.2) is 0 Å². The van der Waals surface area contributed by atoms with Crippen molar-refractivity contribution in [3.63, 3.8) is 0 Å². The van der Waals surface area contributed by atoms with Gasteiger partial charge in [0.05, 0.1) is 12.7 Å². The zero-order valence-corrected chi connectivity index (χ0v) is 8.29. The van der Waals surface area contributed by atoms with Gasteiger partial charge in [-0.2, -0.15) is 5.26 Å². The summed E-state index contributed by atoms with van der Waals surface area (Å²) in [7, 11) is 0. The Hall–Kier alpha value is -1.08. The summed E-state index contributed by atoms with van der Waals surface area (Å²) in [5, 5.41) is 20.0. The van der Waals surface area contributed by atoms with Crippen molar-refractivity contribution < 1.29 is 9.90 Å². The summed E-state index contributed by atoms with van der Waals surface area (Å²) < 4.78 is 0. The smallest absolute Gasteiger partial charge is 0.240 e. The van der Waals surface area contributed by atoms with E-state index < -0.39 is 5.41 Å². The SMILES string of the molecule is CCC(C)(C#N)C(=O)N[C@@H](C)CO. The molecule has 13 heavy (non-hydrogen) atoms. The van der Waals surface area contributed by atoms with Gasteiger partial charge in [0.15, 0.2) is 0 Å². The predicted octanol–water partition coefficient (Wildman–Crippen LogP) is 0.423. The summed E-state index contributed by atoms with van der Waals surface area (Å²) >= 11 is 0. The van der Waals surface area contributed by atoms with Crippen LogP contribution in [0.25, 0.3) is 0 Å². The van der Waals surface area contributed by atoms with E-state index in [1.807, 2.05) is 6.07 Å². The highest BCUT2D eigenvalue weighted by atomic mass is 16.3. The second kappa shape index (κ2) is 4.83. The largest absolute Gasteiger partial charge is 0.394 e. The Bertz CT molecular complexity index is 222. The number of carbonyl (C=O) groups is 1. The number of hydrogen-bond donors (Lipinski definition) is 2. The summed E-state index contributed by atoms with van der Waals surface area (Å²) in [4.78, 5) is 11.5. The number of nitriles is 1. The van der Waals surface area contributed by atoms with Crippen LogP contribution in [0.1, 0.15) is 27.2 Å². The van der Waals surface area contributed by atoms with Crippen molar-refractivity contribution in [2.45, 2.75) is 33.2 Å². The van der Waals surface area contributed by atoms with Gasteiger partial charge in [0.1, 0.15) is 5.41 Å². The minimum absolute atomic E-state index is 0.114. The van der Waals surface area contributed by atoms with E-state index in [0.717, 1.165) is 0 Å².